The van der Waals surface area contributed by atoms with Crippen LogP contribution in [0.15, 0.2) is 24.5 Å². The van der Waals surface area contributed by atoms with Crippen molar-refractivity contribution in [2.24, 2.45) is 0 Å². The van der Waals surface area contributed by atoms with Gasteiger partial charge in [-0.3, -0.25) is 4.98 Å². The molecule has 2 aromatic rings. The lowest BCUT2D eigenvalue weighted by atomic mass is 10.2. The molecule has 0 radical (unpaired) electrons. The predicted octanol–water partition coefficient (Wildman–Crippen LogP) is 2.42. The molecule has 8 heteroatoms. The first-order chi connectivity index (χ1) is 9.06. The van der Waals surface area contributed by atoms with E-state index in [2.05, 4.69) is 15.0 Å². The molecule has 0 amide bonds. The summed E-state index contributed by atoms with van der Waals surface area (Å²) in [7, 11) is 0. The molecule has 0 bridgehead atoms. The van der Waals surface area contributed by atoms with E-state index >= 15 is 0 Å². The number of ether oxygens (including phenoxy) is 1. The summed E-state index contributed by atoms with van der Waals surface area (Å²) in [5.74, 6) is -0.0166. The molecule has 2 rings (SSSR count). The number of alkyl halides is 2. The SMILES string of the molecule is Nc1nc(OCC(F)F)cnc1-c1ccc(Cl)cn1. The van der Waals surface area contributed by atoms with Gasteiger partial charge in [-0.25, -0.2) is 13.8 Å². The topological polar surface area (TPSA) is 73.9 Å². The maximum absolute atomic E-state index is 12.0. The summed E-state index contributed by atoms with van der Waals surface area (Å²) in [4.78, 5) is 11.9. The fourth-order valence-corrected chi connectivity index (χ4v) is 1.43. The molecule has 19 heavy (non-hydrogen) atoms. The summed E-state index contributed by atoms with van der Waals surface area (Å²) in [6.07, 6.45) is 0.0736. The normalized spacial score (nSPS) is 10.7. The largest absolute Gasteiger partial charge is 0.470 e. The maximum Gasteiger partial charge on any atom is 0.272 e. The summed E-state index contributed by atoms with van der Waals surface area (Å²) in [5, 5.41) is 0.479. The number of halogens is 3. The zero-order valence-corrected chi connectivity index (χ0v) is 10.3. The molecule has 0 spiro atoms. The van der Waals surface area contributed by atoms with Gasteiger partial charge in [0, 0.05) is 6.20 Å². The van der Waals surface area contributed by atoms with E-state index in [0.29, 0.717) is 16.4 Å². The molecule has 0 saturated carbocycles. The Morgan fingerprint density at radius 2 is 2.05 bits per heavy atom. The van der Waals surface area contributed by atoms with Crippen LogP contribution in [0.4, 0.5) is 14.6 Å². The van der Waals surface area contributed by atoms with Crippen molar-refractivity contribution in [3.8, 4) is 17.3 Å². The van der Waals surface area contributed by atoms with Crippen LogP contribution in [-0.2, 0) is 0 Å². The summed E-state index contributed by atoms with van der Waals surface area (Å²) < 4.78 is 28.7. The molecular formula is C11H9ClF2N4O. The number of nitrogens with zero attached hydrogens (tertiary/aromatic N) is 3. The minimum Gasteiger partial charge on any atom is -0.470 e. The fraction of sp³-hybridized carbons (Fsp3) is 0.182. The monoisotopic (exact) mass is 286 g/mol. The predicted molar refractivity (Wildman–Crippen MR) is 66.2 cm³/mol. The first-order valence-corrected chi connectivity index (χ1v) is 5.59. The van der Waals surface area contributed by atoms with Gasteiger partial charge in [0.15, 0.2) is 12.4 Å². The van der Waals surface area contributed by atoms with Crippen LogP contribution >= 0.6 is 11.6 Å². The highest BCUT2D eigenvalue weighted by molar-refractivity contribution is 6.30. The van der Waals surface area contributed by atoms with Crippen molar-refractivity contribution in [3.63, 3.8) is 0 Å². The van der Waals surface area contributed by atoms with Crippen LogP contribution < -0.4 is 10.5 Å². The van der Waals surface area contributed by atoms with Crippen molar-refractivity contribution in [2.45, 2.75) is 6.43 Å². The van der Waals surface area contributed by atoms with E-state index in [-0.39, 0.29) is 11.7 Å². The number of anilines is 1. The van der Waals surface area contributed by atoms with Crippen molar-refractivity contribution < 1.29 is 13.5 Å². The minimum atomic E-state index is -2.58. The first kappa shape index (κ1) is 13.4. The molecule has 0 aliphatic carbocycles. The van der Waals surface area contributed by atoms with Crippen LogP contribution in [0.25, 0.3) is 11.4 Å². The molecule has 0 atom stereocenters. The zero-order chi connectivity index (χ0) is 13.8. The lowest BCUT2D eigenvalue weighted by Crippen LogP contribution is -2.09. The van der Waals surface area contributed by atoms with E-state index in [1.165, 1.54) is 12.4 Å². The summed E-state index contributed by atoms with van der Waals surface area (Å²) in [5.41, 5.74) is 6.50. The third-order valence-electron chi connectivity index (χ3n) is 2.10. The third-order valence-corrected chi connectivity index (χ3v) is 2.33. The van der Waals surface area contributed by atoms with Crippen LogP contribution in [0.2, 0.25) is 5.02 Å². The van der Waals surface area contributed by atoms with Gasteiger partial charge in [-0.2, -0.15) is 4.98 Å². The second kappa shape index (κ2) is 5.75. The van der Waals surface area contributed by atoms with Crippen LogP contribution in [0.1, 0.15) is 0 Å². The molecular weight excluding hydrogens is 278 g/mol. The van der Waals surface area contributed by atoms with E-state index in [1.54, 1.807) is 12.1 Å². The van der Waals surface area contributed by atoms with Gasteiger partial charge in [0.05, 0.1) is 16.9 Å². The molecule has 100 valence electrons. The standard InChI is InChI=1S/C11H9ClF2N4O/c12-6-1-2-7(16-3-6)10-11(15)18-9(4-17-10)19-5-8(13)14/h1-4,8H,5H2,(H2,15,18). The Labute approximate surface area is 112 Å². The first-order valence-electron chi connectivity index (χ1n) is 5.21. The molecule has 2 aromatic heterocycles. The Morgan fingerprint density at radius 3 is 2.63 bits per heavy atom. The number of hydrogen-bond acceptors (Lipinski definition) is 5. The van der Waals surface area contributed by atoms with Gasteiger partial charge in [-0.1, -0.05) is 11.6 Å². The van der Waals surface area contributed by atoms with Gasteiger partial charge >= 0.3 is 0 Å². The second-order valence-corrected chi connectivity index (χ2v) is 3.94. The Bertz CT molecular complexity index is 565. The van der Waals surface area contributed by atoms with E-state index in [9.17, 15) is 8.78 Å². The van der Waals surface area contributed by atoms with Crippen LogP contribution in [0.3, 0.4) is 0 Å². The van der Waals surface area contributed by atoms with E-state index in [4.69, 9.17) is 22.1 Å². The molecule has 2 heterocycles. The number of nitrogen functional groups attached to an aromatic ring is 1. The van der Waals surface area contributed by atoms with Crippen molar-refractivity contribution in [3.05, 3.63) is 29.5 Å². The van der Waals surface area contributed by atoms with Gasteiger partial charge in [0.2, 0.25) is 5.88 Å². The molecule has 5 nitrogen and oxygen atoms in total. The molecule has 0 aliphatic heterocycles. The average Bonchev–Trinajstić information content (AvgIpc) is 2.38. The van der Waals surface area contributed by atoms with E-state index < -0.39 is 13.0 Å². The van der Waals surface area contributed by atoms with Crippen LogP contribution in [-0.4, -0.2) is 28.0 Å². The zero-order valence-electron chi connectivity index (χ0n) is 9.55. The second-order valence-electron chi connectivity index (χ2n) is 3.51. The third kappa shape index (κ3) is 3.47. The summed E-state index contributed by atoms with van der Waals surface area (Å²) in [6, 6.07) is 3.26. The van der Waals surface area contributed by atoms with Gasteiger partial charge < -0.3 is 10.5 Å². The van der Waals surface area contributed by atoms with Gasteiger partial charge in [-0.15, -0.1) is 0 Å². The van der Waals surface area contributed by atoms with Crippen LogP contribution in [0.5, 0.6) is 5.88 Å². The van der Waals surface area contributed by atoms with Crippen molar-refractivity contribution >= 4 is 17.4 Å². The Morgan fingerprint density at radius 1 is 1.26 bits per heavy atom. The highest BCUT2D eigenvalue weighted by atomic mass is 35.5. The highest BCUT2D eigenvalue weighted by Gasteiger charge is 2.10. The van der Waals surface area contributed by atoms with Crippen molar-refractivity contribution in [1.29, 1.82) is 0 Å². The highest BCUT2D eigenvalue weighted by Crippen LogP contribution is 2.23. The lowest BCUT2D eigenvalue weighted by molar-refractivity contribution is 0.0795. The van der Waals surface area contributed by atoms with E-state index in [1.807, 2.05) is 0 Å². The average molecular weight is 287 g/mol. The Balaban J connectivity index is 2.21. The number of pyridine rings is 1. The van der Waals surface area contributed by atoms with Crippen LogP contribution in [0, 0.1) is 0 Å². The quantitative estimate of drug-likeness (QED) is 0.934. The smallest absolute Gasteiger partial charge is 0.272 e. The Kier molecular flexibility index (Phi) is 4.06. The number of hydrogen-bond donors (Lipinski definition) is 1. The van der Waals surface area contributed by atoms with Gasteiger partial charge in [-0.05, 0) is 12.1 Å². The van der Waals surface area contributed by atoms with Crippen molar-refractivity contribution in [1.82, 2.24) is 15.0 Å². The fourth-order valence-electron chi connectivity index (χ4n) is 1.32. The van der Waals surface area contributed by atoms with E-state index in [0.717, 1.165) is 0 Å². The molecule has 0 fully saturated rings. The molecule has 0 saturated heterocycles. The number of aromatic nitrogens is 3. The van der Waals surface area contributed by atoms with Crippen molar-refractivity contribution in [2.75, 3.05) is 12.3 Å². The van der Waals surface area contributed by atoms with Gasteiger partial charge in [0.25, 0.3) is 6.43 Å². The number of rotatable bonds is 4. The Hall–Kier alpha value is -2.02. The number of nitrogens with two attached hydrogens (primary N) is 1. The molecule has 0 unspecified atom stereocenters. The molecule has 0 aromatic carbocycles. The minimum absolute atomic E-state index is 0.0431. The maximum atomic E-state index is 12.0. The van der Waals surface area contributed by atoms with Gasteiger partial charge in [0.1, 0.15) is 5.69 Å². The summed E-state index contributed by atoms with van der Waals surface area (Å²) in [6.45, 7) is -0.757. The lowest BCUT2D eigenvalue weighted by Gasteiger charge is -2.07. The molecule has 2 N–H and O–H groups in total. The summed E-state index contributed by atoms with van der Waals surface area (Å²) >= 11 is 5.71. The molecule has 0 aliphatic rings.